The zero-order valence-corrected chi connectivity index (χ0v) is 31.2. The van der Waals surface area contributed by atoms with Crippen LogP contribution in [0.25, 0.3) is 99.2 Å². The van der Waals surface area contributed by atoms with Crippen molar-refractivity contribution in [3.05, 3.63) is 200 Å². The van der Waals surface area contributed by atoms with E-state index in [0.717, 1.165) is 116 Å². The number of fused-ring (bicyclic) bond motifs is 9. The van der Waals surface area contributed by atoms with E-state index < -0.39 is 0 Å². The van der Waals surface area contributed by atoms with Crippen LogP contribution in [-0.2, 0) is 0 Å². The zero-order valence-electron chi connectivity index (χ0n) is 31.2. The van der Waals surface area contributed by atoms with E-state index in [1.165, 1.54) is 0 Å². The third-order valence-corrected chi connectivity index (χ3v) is 11.5. The number of hydrogen-bond acceptors (Lipinski definition) is 4. The minimum atomic E-state index is 0.809. The number of para-hydroxylation sites is 5. The van der Waals surface area contributed by atoms with Crippen LogP contribution in [0.1, 0.15) is 0 Å². The van der Waals surface area contributed by atoms with Gasteiger partial charge in [-0.05, 0) is 64.7 Å². The fourth-order valence-electron chi connectivity index (χ4n) is 8.77. The maximum atomic E-state index is 6.98. The molecule has 0 radical (unpaired) electrons. The lowest BCUT2D eigenvalue weighted by molar-refractivity contribution is 0.666. The molecule has 58 heavy (non-hydrogen) atoms. The molecule has 0 aliphatic rings. The first-order valence-electron chi connectivity index (χ1n) is 19.6. The topological polar surface area (TPSA) is 42.7 Å². The number of rotatable bonds is 6. The van der Waals surface area contributed by atoms with E-state index in [-0.39, 0.29) is 0 Å². The Balaban J connectivity index is 1.02. The van der Waals surface area contributed by atoms with Gasteiger partial charge in [-0.1, -0.05) is 158 Å². The van der Waals surface area contributed by atoms with Gasteiger partial charge in [0.05, 0.1) is 11.4 Å². The summed E-state index contributed by atoms with van der Waals surface area (Å²) in [6, 6.07) is 69.9. The average Bonchev–Trinajstić information content (AvgIpc) is 3.99. The van der Waals surface area contributed by atoms with Crippen molar-refractivity contribution >= 4 is 82.9 Å². The van der Waals surface area contributed by atoms with Gasteiger partial charge in [0.2, 0.25) is 0 Å². The molecule has 0 aliphatic heterocycles. The number of hydrogen-bond donors (Lipinski definition) is 0. The molecular weight excluding hydrogens is 711 g/mol. The van der Waals surface area contributed by atoms with Crippen molar-refractivity contribution in [2.75, 3.05) is 4.90 Å². The minimum absolute atomic E-state index is 0.809. The van der Waals surface area contributed by atoms with Gasteiger partial charge in [-0.15, -0.1) is 0 Å². The maximum absolute atomic E-state index is 6.98. The predicted octanol–water partition coefficient (Wildman–Crippen LogP) is 15.9. The van der Waals surface area contributed by atoms with Crippen molar-refractivity contribution in [3.63, 3.8) is 0 Å². The number of furan rings is 3. The second kappa shape index (κ2) is 12.9. The number of benzene rings is 9. The van der Waals surface area contributed by atoms with Crippen LogP contribution < -0.4 is 4.90 Å². The average molecular weight is 744 g/mol. The highest BCUT2D eigenvalue weighted by Crippen LogP contribution is 2.47. The molecule has 0 fully saturated rings. The van der Waals surface area contributed by atoms with Gasteiger partial charge in [-0.3, -0.25) is 0 Å². The molecule has 9 aromatic carbocycles. The summed E-state index contributed by atoms with van der Waals surface area (Å²) in [5, 5.41) is 6.50. The molecule has 272 valence electrons. The van der Waals surface area contributed by atoms with E-state index in [9.17, 15) is 0 Å². The van der Waals surface area contributed by atoms with Crippen LogP contribution in [0.3, 0.4) is 0 Å². The van der Waals surface area contributed by atoms with Gasteiger partial charge in [0.1, 0.15) is 22.3 Å². The summed E-state index contributed by atoms with van der Waals surface area (Å²) >= 11 is 0. The highest BCUT2D eigenvalue weighted by molar-refractivity contribution is 6.16. The van der Waals surface area contributed by atoms with Crippen molar-refractivity contribution < 1.29 is 13.3 Å². The highest BCUT2D eigenvalue weighted by Gasteiger charge is 2.24. The predicted molar refractivity (Wildman–Crippen MR) is 239 cm³/mol. The molecule has 3 heterocycles. The summed E-state index contributed by atoms with van der Waals surface area (Å²) < 4.78 is 20.3. The first-order chi connectivity index (χ1) is 28.8. The molecule has 12 rings (SSSR count). The van der Waals surface area contributed by atoms with E-state index in [0.29, 0.717) is 0 Å². The molecule has 0 saturated heterocycles. The SMILES string of the molecule is c1ccc(-c2cccc3c2oc2cc(-c4ccc(N(c5cccc6c5oc5ccccc56)c5cccc6c5oc5c(-c7ccccc7)cccc56)cc4)ccc23)cc1. The second-order valence-corrected chi connectivity index (χ2v) is 14.8. The Morgan fingerprint density at radius 2 is 0.741 bits per heavy atom. The molecule has 0 atom stereocenters. The summed E-state index contributed by atoms with van der Waals surface area (Å²) in [6.45, 7) is 0. The van der Waals surface area contributed by atoms with E-state index in [4.69, 9.17) is 13.3 Å². The minimum Gasteiger partial charge on any atom is -0.455 e. The van der Waals surface area contributed by atoms with Crippen LogP contribution in [0.15, 0.2) is 213 Å². The van der Waals surface area contributed by atoms with Crippen molar-refractivity contribution in [2.45, 2.75) is 0 Å². The molecule has 3 aromatic heterocycles. The van der Waals surface area contributed by atoms with Crippen LogP contribution in [0.2, 0.25) is 0 Å². The van der Waals surface area contributed by atoms with Gasteiger partial charge in [0.15, 0.2) is 11.2 Å². The molecule has 0 saturated carbocycles. The fraction of sp³-hybridized carbons (Fsp3) is 0. The first kappa shape index (κ1) is 32.4. The summed E-state index contributed by atoms with van der Waals surface area (Å²) in [6.07, 6.45) is 0. The Morgan fingerprint density at radius 1 is 0.276 bits per heavy atom. The summed E-state index contributed by atoms with van der Waals surface area (Å²) in [7, 11) is 0. The molecule has 4 heteroatoms. The van der Waals surface area contributed by atoms with Crippen molar-refractivity contribution in [2.24, 2.45) is 0 Å². The van der Waals surface area contributed by atoms with Crippen LogP contribution in [-0.4, -0.2) is 0 Å². The van der Waals surface area contributed by atoms with Gasteiger partial charge in [0.25, 0.3) is 0 Å². The fourth-order valence-corrected chi connectivity index (χ4v) is 8.77. The molecule has 0 N–H and O–H groups in total. The van der Waals surface area contributed by atoms with Gasteiger partial charge in [-0.25, -0.2) is 0 Å². The third-order valence-electron chi connectivity index (χ3n) is 11.5. The van der Waals surface area contributed by atoms with Gasteiger partial charge < -0.3 is 18.2 Å². The smallest absolute Gasteiger partial charge is 0.159 e. The summed E-state index contributed by atoms with van der Waals surface area (Å²) in [5.41, 5.74) is 14.5. The molecule has 4 nitrogen and oxygen atoms in total. The van der Waals surface area contributed by atoms with E-state index >= 15 is 0 Å². The molecule has 0 spiro atoms. The molecule has 0 amide bonds. The normalized spacial score (nSPS) is 11.8. The van der Waals surface area contributed by atoms with E-state index in [1.54, 1.807) is 0 Å². The Morgan fingerprint density at radius 3 is 1.41 bits per heavy atom. The standard InChI is InChI=1S/C54H33NO3/c1-3-13-35(14-4-1)39-18-9-20-43-42-32-29-37(33-50(42)57-51(39)43)34-27-30-38(31-28-34)55(47-24-11-22-44-41-17-7-8-26-49(41)56-53(44)47)48-25-12-23-46-45-21-10-19-40(52(45)58-54(46)48)36-15-5-2-6-16-36/h1-33H. The molecule has 0 unspecified atom stereocenters. The lowest BCUT2D eigenvalue weighted by Crippen LogP contribution is -2.10. The van der Waals surface area contributed by atoms with E-state index in [2.05, 4.69) is 181 Å². The Bertz CT molecular complexity index is 3500. The number of anilines is 3. The van der Waals surface area contributed by atoms with Crippen LogP contribution >= 0.6 is 0 Å². The second-order valence-electron chi connectivity index (χ2n) is 14.8. The Labute approximate surface area is 333 Å². The summed E-state index contributed by atoms with van der Waals surface area (Å²) in [5.74, 6) is 0. The van der Waals surface area contributed by atoms with Crippen LogP contribution in [0.5, 0.6) is 0 Å². The van der Waals surface area contributed by atoms with Crippen molar-refractivity contribution in [3.8, 4) is 33.4 Å². The Hall–Kier alpha value is -7.82. The Kier molecular flexibility index (Phi) is 7.20. The third kappa shape index (κ3) is 5.02. The monoisotopic (exact) mass is 743 g/mol. The molecular formula is C54H33NO3. The highest BCUT2D eigenvalue weighted by atomic mass is 16.3. The van der Waals surface area contributed by atoms with Gasteiger partial charge >= 0.3 is 0 Å². The largest absolute Gasteiger partial charge is 0.455 e. The molecule has 0 bridgehead atoms. The van der Waals surface area contributed by atoms with E-state index in [1.807, 2.05) is 24.3 Å². The number of nitrogens with zero attached hydrogens (tertiary/aromatic N) is 1. The quantitative estimate of drug-likeness (QED) is 0.170. The zero-order chi connectivity index (χ0) is 38.2. The van der Waals surface area contributed by atoms with Crippen LogP contribution in [0, 0.1) is 0 Å². The lowest BCUT2D eigenvalue weighted by atomic mass is 10.0. The van der Waals surface area contributed by atoms with Crippen LogP contribution in [0.4, 0.5) is 17.1 Å². The van der Waals surface area contributed by atoms with Crippen molar-refractivity contribution in [1.82, 2.24) is 0 Å². The first-order valence-corrected chi connectivity index (χ1v) is 19.6. The molecule has 0 aliphatic carbocycles. The van der Waals surface area contributed by atoms with Gasteiger partial charge in [-0.2, -0.15) is 0 Å². The van der Waals surface area contributed by atoms with Gasteiger partial charge in [0, 0.05) is 49.1 Å². The van der Waals surface area contributed by atoms with Crippen molar-refractivity contribution in [1.29, 1.82) is 0 Å². The molecule has 12 aromatic rings. The summed E-state index contributed by atoms with van der Waals surface area (Å²) in [4.78, 5) is 2.27. The lowest BCUT2D eigenvalue weighted by Gasteiger charge is -2.25. The maximum Gasteiger partial charge on any atom is 0.159 e.